The summed E-state index contributed by atoms with van der Waals surface area (Å²) in [6.45, 7) is 7.61. The van der Waals surface area contributed by atoms with Gasteiger partial charge in [0.05, 0.1) is 11.0 Å². The summed E-state index contributed by atoms with van der Waals surface area (Å²) in [6, 6.07) is 18.2. The van der Waals surface area contributed by atoms with Gasteiger partial charge in [0.1, 0.15) is 11.4 Å². The van der Waals surface area contributed by atoms with Gasteiger partial charge in [-0.3, -0.25) is 4.79 Å². The minimum atomic E-state index is -1.03. The zero-order valence-corrected chi connectivity index (χ0v) is 20.0. The average Bonchev–Trinajstić information content (AvgIpc) is 3.14. The molecule has 4 rings (SSSR count). The third-order valence-electron chi connectivity index (χ3n) is 6.03. The van der Waals surface area contributed by atoms with Gasteiger partial charge in [-0.2, -0.15) is 0 Å². The van der Waals surface area contributed by atoms with Crippen molar-refractivity contribution in [3.05, 3.63) is 66.0 Å². The van der Waals surface area contributed by atoms with Crippen LogP contribution in [0.3, 0.4) is 0 Å². The molecule has 1 aliphatic rings. The standard InChI is InChI=1S/C24H30N4O.2ClH/c1-17(2)28-21-14-8-7-13-20(21)26-22(28)18-10-9-15-27(16-18)23(29)24(3,25)19-11-5-4-6-12-19;;/h4-8,11-14,17-18H,9-10,15-16,25H2,1-3H3;2*1H. The second kappa shape index (κ2) is 10.0. The molecule has 2 atom stereocenters. The van der Waals surface area contributed by atoms with Crippen LogP contribution >= 0.6 is 24.8 Å². The van der Waals surface area contributed by atoms with E-state index in [-0.39, 0.29) is 36.6 Å². The lowest BCUT2D eigenvalue weighted by Gasteiger charge is -2.37. The summed E-state index contributed by atoms with van der Waals surface area (Å²) in [7, 11) is 0. The number of benzene rings is 2. The van der Waals surface area contributed by atoms with Crippen molar-refractivity contribution in [1.82, 2.24) is 14.5 Å². The molecule has 2 unspecified atom stereocenters. The van der Waals surface area contributed by atoms with Crippen LogP contribution in [-0.2, 0) is 10.3 Å². The largest absolute Gasteiger partial charge is 0.340 e. The van der Waals surface area contributed by atoms with E-state index in [1.54, 1.807) is 0 Å². The Morgan fingerprint density at radius 1 is 1.10 bits per heavy atom. The van der Waals surface area contributed by atoms with E-state index in [2.05, 4.69) is 36.6 Å². The van der Waals surface area contributed by atoms with Crippen LogP contribution in [0.4, 0.5) is 0 Å². The first kappa shape index (κ1) is 25.2. The van der Waals surface area contributed by atoms with Gasteiger partial charge < -0.3 is 15.2 Å². The van der Waals surface area contributed by atoms with E-state index in [1.807, 2.05) is 48.2 Å². The van der Waals surface area contributed by atoms with Crippen LogP contribution in [0.2, 0.25) is 0 Å². The van der Waals surface area contributed by atoms with Crippen molar-refractivity contribution in [3.63, 3.8) is 0 Å². The molecule has 7 heteroatoms. The predicted octanol–water partition coefficient (Wildman–Crippen LogP) is 5.04. The highest BCUT2D eigenvalue weighted by molar-refractivity contribution is 5.87. The Bertz CT molecular complexity index is 1020. The zero-order chi connectivity index (χ0) is 20.6. The summed E-state index contributed by atoms with van der Waals surface area (Å²) < 4.78 is 2.33. The highest BCUT2D eigenvalue weighted by Crippen LogP contribution is 2.33. The van der Waals surface area contributed by atoms with Crippen molar-refractivity contribution in [1.29, 1.82) is 0 Å². The molecule has 1 aliphatic heterocycles. The highest BCUT2D eigenvalue weighted by Gasteiger charge is 2.37. The summed E-state index contributed by atoms with van der Waals surface area (Å²) in [5, 5.41) is 0. The van der Waals surface area contributed by atoms with Crippen molar-refractivity contribution < 1.29 is 4.79 Å². The summed E-state index contributed by atoms with van der Waals surface area (Å²) in [5.74, 6) is 1.28. The summed E-state index contributed by atoms with van der Waals surface area (Å²) in [5.41, 5.74) is 8.53. The maximum atomic E-state index is 13.4. The zero-order valence-electron chi connectivity index (χ0n) is 18.3. The number of imidazole rings is 1. The fraction of sp³-hybridized carbons (Fsp3) is 0.417. The lowest BCUT2D eigenvalue weighted by Crippen LogP contribution is -2.53. The van der Waals surface area contributed by atoms with Crippen LogP contribution in [0.25, 0.3) is 11.0 Å². The molecular weight excluding hydrogens is 431 g/mol. The maximum absolute atomic E-state index is 13.4. The van der Waals surface area contributed by atoms with Crippen LogP contribution < -0.4 is 5.73 Å². The number of halogens is 2. The molecule has 1 aromatic heterocycles. The second-order valence-corrected chi connectivity index (χ2v) is 8.58. The van der Waals surface area contributed by atoms with Crippen molar-refractivity contribution in [2.75, 3.05) is 13.1 Å². The molecule has 2 aromatic carbocycles. The lowest BCUT2D eigenvalue weighted by atomic mass is 9.89. The number of carbonyl (C=O) groups excluding carboxylic acids is 1. The molecule has 1 saturated heterocycles. The van der Waals surface area contributed by atoms with E-state index in [0.29, 0.717) is 12.6 Å². The van der Waals surface area contributed by atoms with Crippen molar-refractivity contribution in [2.45, 2.75) is 51.1 Å². The molecular formula is C24H32Cl2N4O. The van der Waals surface area contributed by atoms with Gasteiger partial charge in [-0.25, -0.2) is 4.98 Å². The molecule has 0 spiro atoms. The van der Waals surface area contributed by atoms with E-state index in [0.717, 1.165) is 41.8 Å². The van der Waals surface area contributed by atoms with E-state index in [4.69, 9.17) is 10.7 Å². The Morgan fingerprint density at radius 2 is 1.74 bits per heavy atom. The average molecular weight is 463 g/mol. The van der Waals surface area contributed by atoms with E-state index in [1.165, 1.54) is 0 Å². The molecule has 0 aliphatic carbocycles. The summed E-state index contributed by atoms with van der Waals surface area (Å²) in [4.78, 5) is 20.3. The lowest BCUT2D eigenvalue weighted by molar-refractivity contribution is -0.138. The first-order valence-electron chi connectivity index (χ1n) is 10.5. The smallest absolute Gasteiger partial charge is 0.246 e. The van der Waals surface area contributed by atoms with E-state index < -0.39 is 5.54 Å². The number of hydrogen-bond acceptors (Lipinski definition) is 3. The predicted molar refractivity (Wildman–Crippen MR) is 131 cm³/mol. The van der Waals surface area contributed by atoms with Crippen LogP contribution in [-0.4, -0.2) is 33.4 Å². The number of piperidine rings is 1. The summed E-state index contributed by atoms with van der Waals surface area (Å²) in [6.07, 6.45) is 2.00. The Morgan fingerprint density at radius 3 is 2.42 bits per heavy atom. The van der Waals surface area contributed by atoms with E-state index in [9.17, 15) is 4.79 Å². The Kier molecular flexibility index (Phi) is 8.15. The molecule has 168 valence electrons. The summed E-state index contributed by atoms with van der Waals surface area (Å²) >= 11 is 0. The molecule has 0 saturated carbocycles. The van der Waals surface area contributed by atoms with Gasteiger partial charge in [0.15, 0.2) is 0 Å². The van der Waals surface area contributed by atoms with Gasteiger partial charge in [0.2, 0.25) is 5.91 Å². The molecule has 31 heavy (non-hydrogen) atoms. The van der Waals surface area contributed by atoms with Gasteiger partial charge >= 0.3 is 0 Å². The second-order valence-electron chi connectivity index (χ2n) is 8.58. The monoisotopic (exact) mass is 462 g/mol. The molecule has 5 nitrogen and oxygen atoms in total. The fourth-order valence-corrected chi connectivity index (χ4v) is 4.50. The van der Waals surface area contributed by atoms with Crippen molar-refractivity contribution in [2.24, 2.45) is 5.73 Å². The topological polar surface area (TPSA) is 64.2 Å². The Balaban J connectivity index is 0.00000171. The molecule has 2 N–H and O–H groups in total. The normalized spacial score (nSPS) is 18.2. The third-order valence-corrected chi connectivity index (χ3v) is 6.03. The number of hydrogen-bond donors (Lipinski definition) is 1. The molecule has 2 heterocycles. The molecule has 0 radical (unpaired) electrons. The number of aromatic nitrogens is 2. The first-order chi connectivity index (χ1) is 13.9. The van der Waals surface area contributed by atoms with E-state index >= 15 is 0 Å². The number of fused-ring (bicyclic) bond motifs is 1. The van der Waals surface area contributed by atoms with Crippen LogP contribution in [0, 0.1) is 0 Å². The van der Waals surface area contributed by atoms with Crippen molar-refractivity contribution >= 4 is 41.8 Å². The molecule has 1 fully saturated rings. The van der Waals surface area contributed by atoms with Crippen LogP contribution in [0.1, 0.15) is 57.0 Å². The number of nitrogens with two attached hydrogens (primary N) is 1. The number of para-hydroxylation sites is 2. The number of carbonyl (C=O) groups is 1. The molecule has 0 bridgehead atoms. The van der Waals surface area contributed by atoms with Gasteiger partial charge in [0, 0.05) is 25.0 Å². The van der Waals surface area contributed by atoms with Crippen LogP contribution in [0.5, 0.6) is 0 Å². The minimum Gasteiger partial charge on any atom is -0.340 e. The highest BCUT2D eigenvalue weighted by atomic mass is 35.5. The maximum Gasteiger partial charge on any atom is 0.246 e. The first-order valence-corrected chi connectivity index (χ1v) is 10.5. The van der Waals surface area contributed by atoms with Gasteiger partial charge in [-0.05, 0) is 51.3 Å². The number of rotatable bonds is 4. The Labute approximate surface area is 196 Å². The van der Waals surface area contributed by atoms with Crippen molar-refractivity contribution in [3.8, 4) is 0 Å². The van der Waals surface area contributed by atoms with Gasteiger partial charge in [-0.15, -0.1) is 24.8 Å². The quantitative estimate of drug-likeness (QED) is 0.590. The number of nitrogens with zero attached hydrogens (tertiary/aromatic N) is 3. The fourth-order valence-electron chi connectivity index (χ4n) is 4.50. The third kappa shape index (κ3) is 4.74. The van der Waals surface area contributed by atoms with Gasteiger partial charge in [-0.1, -0.05) is 42.5 Å². The number of amides is 1. The van der Waals surface area contributed by atoms with Gasteiger partial charge in [0.25, 0.3) is 0 Å². The SMILES string of the molecule is CC(C)n1c(C2CCCN(C(=O)C(C)(N)c3ccccc3)C2)nc2ccccc21.Cl.Cl. The molecule has 1 amide bonds. The Hall–Kier alpha value is -2.08. The molecule has 3 aromatic rings. The number of likely N-dealkylation sites (tertiary alicyclic amines) is 1. The minimum absolute atomic E-state index is 0. The van der Waals surface area contributed by atoms with Crippen LogP contribution in [0.15, 0.2) is 54.6 Å².